The summed E-state index contributed by atoms with van der Waals surface area (Å²) in [4.78, 5) is 0. The minimum atomic E-state index is -0.0578. The lowest BCUT2D eigenvalue weighted by Gasteiger charge is -2.26. The Morgan fingerprint density at radius 1 is 1.17 bits per heavy atom. The zero-order valence-electron chi connectivity index (χ0n) is 9.02. The van der Waals surface area contributed by atoms with Crippen molar-refractivity contribution in [1.82, 2.24) is 0 Å². The molecule has 0 spiro atoms. The third-order valence-corrected chi connectivity index (χ3v) is 1.48. The van der Waals surface area contributed by atoms with Crippen LogP contribution < -0.4 is 0 Å². The molecule has 0 aromatic carbocycles. The first-order valence-electron chi connectivity index (χ1n) is 4.75. The molecule has 1 atom stereocenters. The Hall–Kier alpha value is -0.0800. The van der Waals surface area contributed by atoms with Crippen molar-refractivity contribution in [1.29, 1.82) is 0 Å². The number of hydrogen-bond acceptors (Lipinski definition) is 2. The van der Waals surface area contributed by atoms with Gasteiger partial charge in [0.1, 0.15) is 0 Å². The number of hydrogen-bond donors (Lipinski definition) is 0. The summed E-state index contributed by atoms with van der Waals surface area (Å²) in [6, 6.07) is 0. The smallest absolute Gasteiger partial charge is 0.0813 e. The molecule has 12 heavy (non-hydrogen) atoms. The van der Waals surface area contributed by atoms with Crippen LogP contribution in [-0.4, -0.2) is 24.9 Å². The van der Waals surface area contributed by atoms with Crippen LogP contribution in [0.1, 0.15) is 41.0 Å². The van der Waals surface area contributed by atoms with Crippen molar-refractivity contribution in [3.8, 4) is 0 Å². The molecule has 0 radical (unpaired) electrons. The standard InChI is InChI=1S/C10H22O2/c1-6-9(8-11-7-2)12-10(3,4)5/h9H,6-8H2,1-5H3. The first-order chi connectivity index (χ1) is 5.49. The van der Waals surface area contributed by atoms with E-state index in [1.54, 1.807) is 0 Å². The van der Waals surface area contributed by atoms with Gasteiger partial charge in [0, 0.05) is 6.61 Å². The minimum absolute atomic E-state index is 0.0578. The molecule has 0 heterocycles. The van der Waals surface area contributed by atoms with Crippen LogP contribution in [0.4, 0.5) is 0 Å². The summed E-state index contributed by atoms with van der Waals surface area (Å²) in [5, 5.41) is 0. The molecule has 2 nitrogen and oxygen atoms in total. The molecule has 74 valence electrons. The van der Waals surface area contributed by atoms with Gasteiger partial charge in [-0.05, 0) is 34.1 Å². The van der Waals surface area contributed by atoms with E-state index in [0.29, 0.717) is 6.61 Å². The highest BCUT2D eigenvalue weighted by Gasteiger charge is 2.16. The van der Waals surface area contributed by atoms with Crippen molar-refractivity contribution in [2.24, 2.45) is 0 Å². The lowest BCUT2D eigenvalue weighted by molar-refractivity contribution is -0.0921. The van der Waals surface area contributed by atoms with Gasteiger partial charge in [-0.25, -0.2) is 0 Å². The molecule has 0 aliphatic rings. The second-order valence-corrected chi connectivity index (χ2v) is 3.92. The van der Waals surface area contributed by atoms with E-state index in [4.69, 9.17) is 9.47 Å². The second kappa shape index (κ2) is 5.55. The largest absolute Gasteiger partial charge is 0.379 e. The third-order valence-electron chi connectivity index (χ3n) is 1.48. The third kappa shape index (κ3) is 6.62. The van der Waals surface area contributed by atoms with Crippen LogP contribution in [-0.2, 0) is 9.47 Å². The van der Waals surface area contributed by atoms with Gasteiger partial charge in [-0.15, -0.1) is 0 Å². The monoisotopic (exact) mass is 174 g/mol. The Labute approximate surface area is 76.3 Å². The Morgan fingerprint density at radius 2 is 1.75 bits per heavy atom. The van der Waals surface area contributed by atoms with Gasteiger partial charge in [0.15, 0.2) is 0 Å². The van der Waals surface area contributed by atoms with Gasteiger partial charge in [0.05, 0.1) is 18.3 Å². The lowest BCUT2D eigenvalue weighted by atomic mass is 10.1. The molecule has 0 rings (SSSR count). The molecule has 0 aliphatic heterocycles. The summed E-state index contributed by atoms with van der Waals surface area (Å²) in [6.07, 6.45) is 1.25. The van der Waals surface area contributed by atoms with Crippen molar-refractivity contribution < 1.29 is 9.47 Å². The molecule has 0 aliphatic carbocycles. The quantitative estimate of drug-likeness (QED) is 0.638. The fourth-order valence-electron chi connectivity index (χ4n) is 0.985. The Morgan fingerprint density at radius 3 is 2.08 bits per heavy atom. The van der Waals surface area contributed by atoms with E-state index >= 15 is 0 Å². The van der Waals surface area contributed by atoms with Crippen LogP contribution in [0.2, 0.25) is 0 Å². The molecule has 2 heteroatoms. The van der Waals surface area contributed by atoms with Crippen LogP contribution in [0.5, 0.6) is 0 Å². The summed E-state index contributed by atoms with van der Waals surface area (Å²) < 4.78 is 11.1. The van der Waals surface area contributed by atoms with Gasteiger partial charge in [0.25, 0.3) is 0 Å². The molecule has 0 aromatic rings. The van der Waals surface area contributed by atoms with Crippen molar-refractivity contribution >= 4 is 0 Å². The Balaban J connectivity index is 3.67. The summed E-state index contributed by atoms with van der Waals surface area (Å²) in [5.41, 5.74) is -0.0578. The van der Waals surface area contributed by atoms with Crippen LogP contribution in [0.25, 0.3) is 0 Å². The van der Waals surface area contributed by atoms with E-state index in [1.165, 1.54) is 0 Å². The van der Waals surface area contributed by atoms with Crippen LogP contribution in [0.15, 0.2) is 0 Å². The average molecular weight is 174 g/mol. The van der Waals surface area contributed by atoms with E-state index in [2.05, 4.69) is 27.7 Å². The normalized spacial score (nSPS) is 14.8. The zero-order valence-corrected chi connectivity index (χ0v) is 9.02. The fraction of sp³-hybridized carbons (Fsp3) is 1.00. The van der Waals surface area contributed by atoms with Gasteiger partial charge in [-0.3, -0.25) is 0 Å². The summed E-state index contributed by atoms with van der Waals surface area (Å²) in [6.45, 7) is 11.8. The number of ether oxygens (including phenoxy) is 2. The fourth-order valence-corrected chi connectivity index (χ4v) is 0.985. The first kappa shape index (κ1) is 11.9. The minimum Gasteiger partial charge on any atom is -0.379 e. The lowest BCUT2D eigenvalue weighted by Crippen LogP contribution is -2.30. The van der Waals surface area contributed by atoms with Crippen molar-refractivity contribution in [3.05, 3.63) is 0 Å². The first-order valence-corrected chi connectivity index (χ1v) is 4.75. The van der Waals surface area contributed by atoms with Gasteiger partial charge in [-0.2, -0.15) is 0 Å². The summed E-state index contributed by atoms with van der Waals surface area (Å²) >= 11 is 0. The predicted molar refractivity (Wildman–Crippen MR) is 51.4 cm³/mol. The average Bonchev–Trinajstić information content (AvgIpc) is 1.95. The highest BCUT2D eigenvalue weighted by molar-refractivity contribution is 4.64. The highest BCUT2D eigenvalue weighted by Crippen LogP contribution is 2.12. The molecule has 0 N–H and O–H groups in total. The summed E-state index contributed by atoms with van der Waals surface area (Å²) in [5.74, 6) is 0. The molecule has 0 amide bonds. The van der Waals surface area contributed by atoms with Gasteiger partial charge >= 0.3 is 0 Å². The topological polar surface area (TPSA) is 18.5 Å². The Bertz CT molecular complexity index is 105. The maximum absolute atomic E-state index is 5.76. The van der Waals surface area contributed by atoms with E-state index in [-0.39, 0.29) is 11.7 Å². The van der Waals surface area contributed by atoms with E-state index in [1.807, 2.05) is 6.92 Å². The molecule has 0 fully saturated rings. The van der Waals surface area contributed by atoms with Crippen LogP contribution in [0, 0.1) is 0 Å². The van der Waals surface area contributed by atoms with E-state index in [0.717, 1.165) is 13.0 Å². The van der Waals surface area contributed by atoms with Crippen molar-refractivity contribution in [3.63, 3.8) is 0 Å². The van der Waals surface area contributed by atoms with E-state index in [9.17, 15) is 0 Å². The van der Waals surface area contributed by atoms with E-state index < -0.39 is 0 Å². The van der Waals surface area contributed by atoms with Gasteiger partial charge < -0.3 is 9.47 Å². The number of rotatable bonds is 5. The van der Waals surface area contributed by atoms with Gasteiger partial charge in [-0.1, -0.05) is 6.92 Å². The molecule has 0 saturated carbocycles. The molecular formula is C10H22O2. The maximum Gasteiger partial charge on any atom is 0.0813 e. The van der Waals surface area contributed by atoms with Crippen molar-refractivity contribution in [2.45, 2.75) is 52.7 Å². The molecule has 1 unspecified atom stereocenters. The molecule has 0 saturated heterocycles. The Kier molecular flexibility index (Phi) is 5.51. The molecule has 0 aromatic heterocycles. The maximum atomic E-state index is 5.76. The van der Waals surface area contributed by atoms with Gasteiger partial charge in [0.2, 0.25) is 0 Å². The predicted octanol–water partition coefficient (Wildman–Crippen LogP) is 2.62. The summed E-state index contributed by atoms with van der Waals surface area (Å²) in [7, 11) is 0. The van der Waals surface area contributed by atoms with Crippen LogP contribution >= 0.6 is 0 Å². The molecule has 0 bridgehead atoms. The second-order valence-electron chi connectivity index (χ2n) is 3.92. The SMILES string of the molecule is CCOCC(CC)OC(C)(C)C. The van der Waals surface area contributed by atoms with Crippen molar-refractivity contribution in [2.75, 3.05) is 13.2 Å². The zero-order chi connectivity index (χ0) is 9.61. The highest BCUT2D eigenvalue weighted by atomic mass is 16.5. The van der Waals surface area contributed by atoms with Crippen LogP contribution in [0.3, 0.4) is 0 Å². The molecular weight excluding hydrogens is 152 g/mol.